The number of phenols is 1. The highest BCUT2D eigenvalue weighted by Gasteiger charge is 2.45. The lowest BCUT2D eigenvalue weighted by Gasteiger charge is -2.39. The molecule has 3 aliphatic rings. The van der Waals surface area contributed by atoms with E-state index in [0.717, 1.165) is 10.1 Å². The predicted molar refractivity (Wildman–Crippen MR) is 162 cm³/mol. The molecule has 214 valence electrons. The highest BCUT2D eigenvalue weighted by Crippen LogP contribution is 2.51. The van der Waals surface area contributed by atoms with Crippen LogP contribution in [0.25, 0.3) is 5.69 Å². The summed E-state index contributed by atoms with van der Waals surface area (Å²) in [6.45, 7) is 0.385. The van der Waals surface area contributed by atoms with Crippen molar-refractivity contribution >= 4 is 27.5 Å². The van der Waals surface area contributed by atoms with E-state index in [0.29, 0.717) is 29.2 Å². The van der Waals surface area contributed by atoms with E-state index in [-0.39, 0.29) is 45.9 Å². The Morgan fingerprint density at radius 1 is 0.907 bits per heavy atom. The molecule has 1 N–H and O–H groups in total. The fourth-order valence-electron chi connectivity index (χ4n) is 6.23. The lowest BCUT2D eigenvalue weighted by molar-refractivity contribution is -0.115. The average molecular weight is 638 g/mol. The van der Waals surface area contributed by atoms with Crippen LogP contribution in [0.15, 0.2) is 122 Å². The van der Waals surface area contributed by atoms with E-state index < -0.39 is 23.3 Å². The van der Waals surface area contributed by atoms with Crippen molar-refractivity contribution in [3.8, 4) is 17.2 Å². The lowest BCUT2D eigenvalue weighted by Crippen LogP contribution is -2.40. The Labute approximate surface area is 253 Å². The number of carbonyl (C=O) groups is 2. The summed E-state index contributed by atoms with van der Waals surface area (Å²) in [5, 5.41) is 11.3. The SMILES string of the molecule is O=C1C=C(Br)C(=O)C2=C1[C@@H](c1ccc(OCc3ccccc3)cc1O)C1=CCn3c(=O)n(-c4ccccc4)c(=O)n3[C@@H]1C2. The molecule has 1 aromatic heterocycles. The van der Waals surface area contributed by atoms with Gasteiger partial charge in [0.05, 0.1) is 22.8 Å². The zero-order valence-electron chi connectivity index (χ0n) is 22.6. The number of ketones is 2. The topological polar surface area (TPSA) is 113 Å². The van der Waals surface area contributed by atoms with Crippen LogP contribution in [0.4, 0.5) is 0 Å². The van der Waals surface area contributed by atoms with E-state index in [2.05, 4.69) is 15.9 Å². The van der Waals surface area contributed by atoms with Crippen molar-refractivity contribution in [2.24, 2.45) is 0 Å². The number of aromatic hydroxyl groups is 1. The number of carbonyl (C=O) groups excluding carboxylic acids is 2. The number of rotatable bonds is 5. The molecule has 0 unspecified atom stereocenters. The van der Waals surface area contributed by atoms with E-state index in [1.807, 2.05) is 36.4 Å². The van der Waals surface area contributed by atoms with E-state index >= 15 is 0 Å². The largest absolute Gasteiger partial charge is 0.507 e. The van der Waals surface area contributed by atoms with Crippen molar-refractivity contribution in [1.82, 2.24) is 13.9 Å². The minimum absolute atomic E-state index is 0.0440. The van der Waals surface area contributed by atoms with Gasteiger partial charge in [-0.1, -0.05) is 60.7 Å². The van der Waals surface area contributed by atoms with Crippen molar-refractivity contribution in [1.29, 1.82) is 0 Å². The summed E-state index contributed by atoms with van der Waals surface area (Å²) in [6, 6.07) is 22.4. The van der Waals surface area contributed by atoms with Gasteiger partial charge in [0.2, 0.25) is 0 Å². The van der Waals surface area contributed by atoms with E-state index in [1.54, 1.807) is 42.5 Å². The number of hydrogen-bond donors (Lipinski definition) is 1. The number of fused-ring (bicyclic) bond motifs is 3. The van der Waals surface area contributed by atoms with Gasteiger partial charge < -0.3 is 9.84 Å². The second-order valence-electron chi connectivity index (χ2n) is 10.6. The van der Waals surface area contributed by atoms with Gasteiger partial charge in [0, 0.05) is 41.2 Å². The molecule has 0 fully saturated rings. The fraction of sp³-hybridized carbons (Fsp3) is 0.152. The van der Waals surface area contributed by atoms with Crippen LogP contribution in [0.2, 0.25) is 0 Å². The molecule has 10 heteroatoms. The standard InChI is InChI=1S/C33H24BrN3O6/c34-25-17-28(39)30-24(31(25)40)16-26-22(13-14-35-32(41)36(33(42)37(26)35)20-9-5-2-6-10-20)29(30)23-12-11-21(15-27(23)38)43-18-19-7-3-1-4-8-19/h1-13,15,17,26,29,38H,14,16,18H2/t26-,29-/m1/s1. The van der Waals surface area contributed by atoms with Crippen LogP contribution in [-0.2, 0) is 22.7 Å². The third kappa shape index (κ3) is 4.37. The smallest absolute Gasteiger partial charge is 0.352 e. The summed E-state index contributed by atoms with van der Waals surface area (Å²) in [6.07, 6.45) is 3.11. The van der Waals surface area contributed by atoms with Gasteiger partial charge in [-0.2, -0.15) is 0 Å². The maximum atomic E-state index is 13.8. The number of phenolic OH excluding ortho intramolecular Hbond substituents is 1. The molecule has 7 rings (SSSR count). The van der Waals surface area contributed by atoms with Crippen LogP contribution >= 0.6 is 15.9 Å². The molecule has 0 bridgehead atoms. The maximum absolute atomic E-state index is 13.8. The van der Waals surface area contributed by atoms with Crippen molar-refractivity contribution < 1.29 is 19.4 Å². The minimum Gasteiger partial charge on any atom is -0.507 e. The van der Waals surface area contributed by atoms with Crippen LogP contribution in [-0.4, -0.2) is 30.6 Å². The molecule has 1 aliphatic heterocycles. The average Bonchev–Trinajstić information content (AvgIpc) is 3.28. The van der Waals surface area contributed by atoms with Gasteiger partial charge in [-0.05, 0) is 45.3 Å². The van der Waals surface area contributed by atoms with E-state index in [4.69, 9.17) is 4.74 Å². The second-order valence-corrected chi connectivity index (χ2v) is 11.4. The predicted octanol–water partition coefficient (Wildman–Crippen LogP) is 4.48. The molecule has 3 aromatic carbocycles. The first-order valence-corrected chi connectivity index (χ1v) is 14.5. The molecule has 2 aliphatic carbocycles. The Bertz CT molecular complexity index is 2030. The summed E-state index contributed by atoms with van der Waals surface area (Å²) in [5.41, 5.74) is 1.91. The van der Waals surface area contributed by atoms with Gasteiger partial charge in [0.15, 0.2) is 11.6 Å². The first-order valence-electron chi connectivity index (χ1n) is 13.7. The summed E-state index contributed by atoms with van der Waals surface area (Å²) in [4.78, 5) is 54.1. The molecule has 9 nitrogen and oxygen atoms in total. The monoisotopic (exact) mass is 637 g/mol. The number of halogens is 1. The van der Waals surface area contributed by atoms with Crippen LogP contribution in [0.3, 0.4) is 0 Å². The number of para-hydroxylation sites is 1. The Hall–Kier alpha value is -4.96. The highest BCUT2D eigenvalue weighted by atomic mass is 79.9. The number of allylic oxidation sites excluding steroid dienone is 6. The number of Topliss-reactive ketones (excluding diaryl/α,β-unsaturated/α-hetero) is 1. The number of nitrogens with zero attached hydrogens (tertiary/aromatic N) is 3. The summed E-state index contributed by atoms with van der Waals surface area (Å²) < 4.78 is 9.85. The molecule has 43 heavy (non-hydrogen) atoms. The lowest BCUT2D eigenvalue weighted by atomic mass is 9.68. The molecule has 0 radical (unpaired) electrons. The normalized spacial score (nSPS) is 19.3. The second kappa shape index (κ2) is 10.4. The number of aromatic nitrogens is 3. The molecular weight excluding hydrogens is 614 g/mol. The van der Waals surface area contributed by atoms with Crippen LogP contribution in [0.1, 0.15) is 29.5 Å². The number of hydrogen-bond acceptors (Lipinski definition) is 6. The summed E-state index contributed by atoms with van der Waals surface area (Å²) in [5.74, 6) is -1.22. The molecule has 0 amide bonds. The van der Waals surface area contributed by atoms with Crippen LogP contribution in [0.5, 0.6) is 11.5 Å². The first kappa shape index (κ1) is 26.9. The quantitative estimate of drug-likeness (QED) is 0.255. The zero-order valence-corrected chi connectivity index (χ0v) is 24.2. The Morgan fingerprint density at radius 2 is 1.63 bits per heavy atom. The van der Waals surface area contributed by atoms with Gasteiger partial charge in [-0.3, -0.25) is 9.59 Å². The third-order valence-corrected chi connectivity index (χ3v) is 8.76. The molecule has 2 atom stereocenters. The van der Waals surface area contributed by atoms with Crippen molar-refractivity contribution in [2.75, 3.05) is 0 Å². The molecule has 0 saturated heterocycles. The van der Waals surface area contributed by atoms with Gasteiger partial charge in [-0.25, -0.2) is 23.5 Å². The summed E-state index contributed by atoms with van der Waals surface area (Å²) in [7, 11) is 0. The minimum atomic E-state index is -0.818. The Balaban J connectivity index is 1.34. The van der Waals surface area contributed by atoms with Gasteiger partial charge in [-0.15, -0.1) is 0 Å². The van der Waals surface area contributed by atoms with Crippen molar-refractivity contribution in [2.45, 2.75) is 31.5 Å². The fourth-order valence-corrected chi connectivity index (χ4v) is 6.68. The van der Waals surface area contributed by atoms with Crippen LogP contribution < -0.4 is 16.1 Å². The van der Waals surface area contributed by atoms with Gasteiger partial charge >= 0.3 is 11.4 Å². The number of benzene rings is 3. The van der Waals surface area contributed by atoms with E-state index in [1.165, 1.54) is 21.5 Å². The third-order valence-electron chi connectivity index (χ3n) is 8.17. The molecule has 0 spiro atoms. The Kier molecular flexibility index (Phi) is 6.50. The summed E-state index contributed by atoms with van der Waals surface area (Å²) >= 11 is 3.22. The van der Waals surface area contributed by atoms with Crippen molar-refractivity contribution in [3.05, 3.63) is 144 Å². The van der Waals surface area contributed by atoms with Gasteiger partial charge in [0.1, 0.15) is 18.1 Å². The maximum Gasteiger partial charge on any atom is 0.352 e. The number of ether oxygens (including phenoxy) is 1. The first-order chi connectivity index (χ1) is 20.8. The van der Waals surface area contributed by atoms with E-state index in [9.17, 15) is 24.3 Å². The zero-order chi connectivity index (χ0) is 29.8. The Morgan fingerprint density at radius 3 is 2.35 bits per heavy atom. The molecule has 2 heterocycles. The van der Waals surface area contributed by atoms with Crippen molar-refractivity contribution in [3.63, 3.8) is 0 Å². The molecule has 4 aromatic rings. The van der Waals surface area contributed by atoms with Crippen LogP contribution in [0, 0.1) is 0 Å². The van der Waals surface area contributed by atoms with Gasteiger partial charge in [0.25, 0.3) is 0 Å². The molecule has 0 saturated carbocycles. The molecular formula is C33H24BrN3O6. The highest BCUT2D eigenvalue weighted by molar-refractivity contribution is 9.12.